The van der Waals surface area contributed by atoms with Crippen LogP contribution in [0.25, 0.3) is 0 Å². The summed E-state index contributed by atoms with van der Waals surface area (Å²) in [7, 11) is -1.90. The van der Waals surface area contributed by atoms with E-state index in [4.69, 9.17) is 9.88 Å². The van der Waals surface area contributed by atoms with Crippen LogP contribution in [-0.2, 0) is 14.8 Å². The van der Waals surface area contributed by atoms with E-state index in [1.165, 1.54) is 0 Å². The normalized spacial score (nSPS) is 23.7. The fraction of sp³-hybridized carbons (Fsp3) is 0.562. The first-order valence-electron chi connectivity index (χ1n) is 8.12. The van der Waals surface area contributed by atoms with Gasteiger partial charge in [-0.3, -0.25) is 9.69 Å². The summed E-state index contributed by atoms with van der Waals surface area (Å²) in [6.07, 6.45) is 1.70. The smallest absolute Gasteiger partial charge is 0.244 e. The van der Waals surface area contributed by atoms with Crippen molar-refractivity contribution in [1.82, 2.24) is 4.90 Å². The molecule has 1 amide bonds. The van der Waals surface area contributed by atoms with Gasteiger partial charge in [-0.15, -0.1) is 0 Å². The van der Waals surface area contributed by atoms with E-state index in [2.05, 4.69) is 4.90 Å². The lowest BCUT2D eigenvalue weighted by atomic mass is 10.1. The number of methoxy groups -OCH3 is 1. The zero-order valence-corrected chi connectivity index (χ0v) is 14.5. The summed E-state index contributed by atoms with van der Waals surface area (Å²) in [5, 5.41) is 4.74. The molecule has 2 aliphatic heterocycles. The maximum Gasteiger partial charge on any atom is 0.244 e. The molecule has 0 aliphatic carbocycles. The Balaban J connectivity index is 1.69. The van der Waals surface area contributed by atoms with E-state index in [-0.39, 0.29) is 11.9 Å². The zero-order valence-electron chi connectivity index (χ0n) is 13.7. The number of carbonyl (C=O) groups is 1. The largest absolute Gasteiger partial charge is 0.495 e. The number of anilines is 1. The summed E-state index contributed by atoms with van der Waals surface area (Å²) >= 11 is 0. The molecule has 0 aromatic heterocycles. The van der Waals surface area contributed by atoms with Crippen LogP contribution in [0, 0.1) is 0 Å². The Morgan fingerprint density at radius 3 is 2.42 bits per heavy atom. The fourth-order valence-corrected chi connectivity index (χ4v) is 4.48. The van der Waals surface area contributed by atoms with Gasteiger partial charge in [0.25, 0.3) is 0 Å². The van der Waals surface area contributed by atoms with Gasteiger partial charge < -0.3 is 9.64 Å². The van der Waals surface area contributed by atoms with Crippen molar-refractivity contribution in [3.05, 3.63) is 24.3 Å². The number of carbonyl (C=O) groups excluding carboxylic acids is 1. The van der Waals surface area contributed by atoms with Gasteiger partial charge in [-0.2, -0.15) is 0 Å². The quantitative estimate of drug-likeness (QED) is 0.853. The van der Waals surface area contributed by atoms with Crippen molar-refractivity contribution in [2.75, 3.05) is 31.6 Å². The average Bonchev–Trinajstić information content (AvgIpc) is 2.95. The number of piperidine rings is 1. The van der Waals surface area contributed by atoms with Crippen LogP contribution >= 0.6 is 0 Å². The number of likely N-dealkylation sites (tertiary alicyclic amines) is 1. The van der Waals surface area contributed by atoms with E-state index in [1.807, 2.05) is 24.3 Å². The van der Waals surface area contributed by atoms with Crippen LogP contribution in [0.3, 0.4) is 0 Å². The Morgan fingerprint density at radius 1 is 1.12 bits per heavy atom. The number of rotatable bonds is 4. The molecule has 1 atom stereocenters. The monoisotopic (exact) mass is 353 g/mol. The molecule has 1 aromatic rings. The van der Waals surface area contributed by atoms with Gasteiger partial charge in [0.2, 0.25) is 15.9 Å². The summed E-state index contributed by atoms with van der Waals surface area (Å²) in [6, 6.07) is 7.28. The number of nitrogens with zero attached hydrogens (tertiary/aromatic N) is 2. The van der Waals surface area contributed by atoms with Crippen molar-refractivity contribution in [2.45, 2.75) is 30.6 Å². The highest BCUT2D eigenvalue weighted by atomic mass is 32.2. The number of sulfonamides is 1. The summed E-state index contributed by atoms with van der Waals surface area (Å²) in [5.41, 5.74) is 0.784. The molecule has 2 heterocycles. The Hall–Kier alpha value is -1.64. The predicted molar refractivity (Wildman–Crippen MR) is 91.5 cm³/mol. The molecule has 2 N–H and O–H groups in total. The summed E-state index contributed by atoms with van der Waals surface area (Å²) in [5.74, 6) is 0.730. The van der Waals surface area contributed by atoms with Crippen LogP contribution in [0.2, 0.25) is 0 Å². The molecule has 3 rings (SSSR count). The van der Waals surface area contributed by atoms with E-state index in [0.717, 1.165) is 12.1 Å². The first-order valence-corrected chi connectivity index (χ1v) is 9.73. The van der Waals surface area contributed by atoms with Gasteiger partial charge >= 0.3 is 0 Å². The van der Waals surface area contributed by atoms with Crippen molar-refractivity contribution in [1.29, 1.82) is 0 Å². The van der Waals surface area contributed by atoms with Crippen LogP contribution in [-0.4, -0.2) is 57.3 Å². The molecule has 0 spiro atoms. The Morgan fingerprint density at radius 2 is 1.79 bits per heavy atom. The number of para-hydroxylation sites is 2. The van der Waals surface area contributed by atoms with Crippen LogP contribution < -0.4 is 14.8 Å². The van der Waals surface area contributed by atoms with E-state index >= 15 is 0 Å². The maximum atomic E-state index is 12.8. The molecule has 132 valence electrons. The second-order valence-corrected chi connectivity index (χ2v) is 8.14. The van der Waals surface area contributed by atoms with Crippen LogP contribution in [0.15, 0.2) is 24.3 Å². The standard InChI is InChI=1S/C16H23N3O4S/c1-23-15-5-3-2-4-13(15)19-11-8-14(16(19)20)18-9-6-12(7-10-18)24(17,21)22/h2-5,12,14H,6-11H2,1H3,(H2,17,21,22). The van der Waals surface area contributed by atoms with Gasteiger partial charge in [-0.1, -0.05) is 12.1 Å². The van der Waals surface area contributed by atoms with Gasteiger partial charge in [0.15, 0.2) is 0 Å². The molecular formula is C16H23N3O4S. The van der Waals surface area contributed by atoms with E-state index in [1.54, 1.807) is 12.0 Å². The Bertz CT molecular complexity index is 714. The van der Waals surface area contributed by atoms with Crippen LogP contribution in [0.5, 0.6) is 5.75 Å². The molecule has 8 heteroatoms. The first-order chi connectivity index (χ1) is 11.4. The van der Waals surface area contributed by atoms with Crippen molar-refractivity contribution < 1.29 is 17.9 Å². The van der Waals surface area contributed by atoms with Crippen molar-refractivity contribution >= 4 is 21.6 Å². The van der Waals surface area contributed by atoms with Crippen LogP contribution in [0.4, 0.5) is 5.69 Å². The number of primary sulfonamides is 1. The SMILES string of the molecule is COc1ccccc1N1CCC(N2CCC(S(N)(=O)=O)CC2)C1=O. The highest BCUT2D eigenvalue weighted by Crippen LogP contribution is 2.33. The summed E-state index contributed by atoms with van der Waals surface area (Å²) < 4.78 is 28.3. The third-order valence-corrected chi connectivity index (χ3v) is 6.34. The molecule has 2 fully saturated rings. The van der Waals surface area contributed by atoms with Gasteiger partial charge in [0, 0.05) is 19.6 Å². The maximum absolute atomic E-state index is 12.8. The van der Waals surface area contributed by atoms with Crippen molar-refractivity contribution in [3.8, 4) is 5.75 Å². The number of ether oxygens (including phenoxy) is 1. The van der Waals surface area contributed by atoms with Gasteiger partial charge in [0.1, 0.15) is 5.75 Å². The van der Waals surface area contributed by atoms with Gasteiger partial charge in [-0.05, 0) is 31.4 Å². The van der Waals surface area contributed by atoms with E-state index < -0.39 is 15.3 Å². The second kappa shape index (κ2) is 6.70. The topological polar surface area (TPSA) is 92.9 Å². The molecule has 2 saturated heterocycles. The highest BCUT2D eigenvalue weighted by Gasteiger charge is 2.40. The zero-order chi connectivity index (χ0) is 17.3. The third-order valence-electron chi connectivity index (χ3n) is 4.94. The summed E-state index contributed by atoms with van der Waals surface area (Å²) in [6.45, 7) is 1.80. The third kappa shape index (κ3) is 3.26. The van der Waals surface area contributed by atoms with Gasteiger partial charge in [-0.25, -0.2) is 13.6 Å². The molecule has 2 aliphatic rings. The lowest BCUT2D eigenvalue weighted by molar-refractivity contribution is -0.122. The highest BCUT2D eigenvalue weighted by molar-refractivity contribution is 7.89. The average molecular weight is 353 g/mol. The van der Waals surface area contributed by atoms with Crippen LogP contribution in [0.1, 0.15) is 19.3 Å². The number of nitrogens with two attached hydrogens (primary N) is 1. The number of hydrogen-bond acceptors (Lipinski definition) is 5. The Kier molecular flexibility index (Phi) is 4.80. The van der Waals surface area contributed by atoms with Gasteiger partial charge in [0.05, 0.1) is 24.1 Å². The predicted octanol–water partition coefficient (Wildman–Crippen LogP) is 0.553. The first kappa shape index (κ1) is 17.2. The van der Waals surface area contributed by atoms with E-state index in [0.29, 0.717) is 38.2 Å². The molecule has 24 heavy (non-hydrogen) atoms. The lowest BCUT2D eigenvalue weighted by Gasteiger charge is -2.34. The minimum absolute atomic E-state index is 0.0496. The minimum Gasteiger partial charge on any atom is -0.495 e. The fourth-order valence-electron chi connectivity index (χ4n) is 3.61. The lowest BCUT2D eigenvalue weighted by Crippen LogP contribution is -2.48. The Labute approximate surface area is 142 Å². The van der Waals surface area contributed by atoms with Crippen molar-refractivity contribution in [3.63, 3.8) is 0 Å². The van der Waals surface area contributed by atoms with Crippen molar-refractivity contribution in [2.24, 2.45) is 5.14 Å². The molecule has 0 radical (unpaired) electrons. The molecule has 1 aromatic carbocycles. The number of benzene rings is 1. The molecule has 7 nitrogen and oxygen atoms in total. The number of amides is 1. The summed E-state index contributed by atoms with van der Waals surface area (Å²) in [4.78, 5) is 16.7. The minimum atomic E-state index is -3.49. The van der Waals surface area contributed by atoms with E-state index in [9.17, 15) is 13.2 Å². The molecule has 1 unspecified atom stereocenters. The number of hydrogen-bond donors (Lipinski definition) is 1. The molecular weight excluding hydrogens is 330 g/mol. The molecule has 0 saturated carbocycles. The molecule has 0 bridgehead atoms. The second-order valence-electron chi connectivity index (χ2n) is 6.29.